The smallest absolute Gasteiger partial charge is 0.266 e. The van der Waals surface area contributed by atoms with Crippen LogP contribution < -0.4 is 10.9 Å². The van der Waals surface area contributed by atoms with E-state index in [1.807, 2.05) is 6.92 Å². The van der Waals surface area contributed by atoms with Gasteiger partial charge in [-0.3, -0.25) is 4.79 Å². The summed E-state index contributed by atoms with van der Waals surface area (Å²) in [4.78, 5) is 11.6. The van der Waals surface area contributed by atoms with Crippen molar-refractivity contribution in [1.29, 1.82) is 0 Å². The summed E-state index contributed by atoms with van der Waals surface area (Å²) < 4.78 is 1.55. The molecule has 0 radical (unpaired) electrons. The first-order valence-electron chi connectivity index (χ1n) is 5.95. The zero-order valence-corrected chi connectivity index (χ0v) is 10.4. The molecule has 1 aromatic rings. The van der Waals surface area contributed by atoms with E-state index in [1.54, 1.807) is 16.8 Å². The minimum Gasteiger partial charge on any atom is -0.312 e. The van der Waals surface area contributed by atoms with E-state index in [2.05, 4.69) is 24.3 Å². The van der Waals surface area contributed by atoms with Gasteiger partial charge in [0, 0.05) is 12.1 Å². The molecule has 1 aromatic heterocycles. The van der Waals surface area contributed by atoms with Gasteiger partial charge in [-0.2, -0.15) is 5.10 Å². The van der Waals surface area contributed by atoms with E-state index in [4.69, 9.17) is 0 Å². The van der Waals surface area contributed by atoms with Crippen LogP contribution in [0.3, 0.4) is 0 Å². The summed E-state index contributed by atoms with van der Waals surface area (Å²) in [6.07, 6.45) is 2.11. The monoisotopic (exact) mass is 223 g/mol. The fourth-order valence-corrected chi connectivity index (χ4v) is 1.58. The Bertz CT molecular complexity index is 373. The van der Waals surface area contributed by atoms with Gasteiger partial charge in [-0.25, -0.2) is 4.68 Å². The molecule has 0 saturated carbocycles. The van der Waals surface area contributed by atoms with Crippen molar-refractivity contribution in [2.45, 2.75) is 46.2 Å². The van der Waals surface area contributed by atoms with Crippen LogP contribution >= 0.6 is 0 Å². The van der Waals surface area contributed by atoms with Crippen LogP contribution in [0.5, 0.6) is 0 Å². The van der Waals surface area contributed by atoms with Crippen LogP contribution in [-0.2, 0) is 6.54 Å². The molecule has 90 valence electrons. The second-order valence-electron chi connectivity index (χ2n) is 4.05. The third-order valence-electron chi connectivity index (χ3n) is 2.57. The third kappa shape index (κ3) is 3.77. The quantitative estimate of drug-likeness (QED) is 0.791. The van der Waals surface area contributed by atoms with E-state index in [-0.39, 0.29) is 5.56 Å². The highest BCUT2D eigenvalue weighted by Gasteiger charge is 2.07. The lowest BCUT2D eigenvalue weighted by Crippen LogP contribution is -2.37. The Morgan fingerprint density at radius 2 is 2.19 bits per heavy atom. The molecule has 1 atom stereocenters. The maximum absolute atomic E-state index is 11.6. The van der Waals surface area contributed by atoms with Crippen molar-refractivity contribution < 1.29 is 0 Å². The summed E-state index contributed by atoms with van der Waals surface area (Å²) >= 11 is 0. The predicted molar refractivity (Wildman–Crippen MR) is 65.6 cm³/mol. The molecule has 1 unspecified atom stereocenters. The molecule has 1 heterocycles. The molecule has 0 saturated heterocycles. The van der Waals surface area contributed by atoms with E-state index in [0.29, 0.717) is 12.6 Å². The van der Waals surface area contributed by atoms with Gasteiger partial charge in [0.15, 0.2) is 0 Å². The van der Waals surface area contributed by atoms with E-state index in [1.165, 1.54) is 0 Å². The van der Waals surface area contributed by atoms with Gasteiger partial charge in [-0.15, -0.1) is 0 Å². The first kappa shape index (κ1) is 12.9. The maximum atomic E-state index is 11.6. The van der Waals surface area contributed by atoms with Crippen LogP contribution in [-0.4, -0.2) is 22.4 Å². The number of aryl methyl sites for hydroxylation is 1. The SMILES string of the molecule is CCCNC(CC)Cn1nc(C)ccc1=O. The standard InChI is InChI=1S/C12H21N3O/c1-4-8-13-11(5-2)9-15-12(16)7-6-10(3)14-15/h6-7,11,13H,4-5,8-9H2,1-3H3. The van der Waals surface area contributed by atoms with E-state index in [9.17, 15) is 4.79 Å². The van der Waals surface area contributed by atoms with Crippen molar-refractivity contribution in [3.05, 3.63) is 28.2 Å². The van der Waals surface area contributed by atoms with Crippen LogP contribution in [0.25, 0.3) is 0 Å². The van der Waals surface area contributed by atoms with Crippen molar-refractivity contribution >= 4 is 0 Å². The van der Waals surface area contributed by atoms with Crippen molar-refractivity contribution in [2.24, 2.45) is 0 Å². The average Bonchev–Trinajstić information content (AvgIpc) is 2.28. The second-order valence-corrected chi connectivity index (χ2v) is 4.05. The number of nitrogens with zero attached hydrogens (tertiary/aromatic N) is 2. The van der Waals surface area contributed by atoms with Gasteiger partial charge in [0.1, 0.15) is 0 Å². The van der Waals surface area contributed by atoms with Crippen LogP contribution in [0, 0.1) is 6.92 Å². The van der Waals surface area contributed by atoms with Crippen molar-refractivity contribution in [2.75, 3.05) is 6.54 Å². The Balaban J connectivity index is 2.69. The highest BCUT2D eigenvalue weighted by Crippen LogP contribution is 1.95. The fourth-order valence-electron chi connectivity index (χ4n) is 1.58. The van der Waals surface area contributed by atoms with Crippen LogP contribution in [0.1, 0.15) is 32.4 Å². The molecule has 4 heteroatoms. The van der Waals surface area contributed by atoms with Gasteiger partial charge in [0.05, 0.1) is 12.2 Å². The molecule has 0 aliphatic rings. The lowest BCUT2D eigenvalue weighted by Gasteiger charge is -2.17. The van der Waals surface area contributed by atoms with Gasteiger partial charge >= 0.3 is 0 Å². The molecular formula is C12H21N3O. The topological polar surface area (TPSA) is 46.9 Å². The lowest BCUT2D eigenvalue weighted by atomic mass is 10.2. The van der Waals surface area contributed by atoms with Crippen LogP contribution in [0.2, 0.25) is 0 Å². The molecule has 0 aliphatic heterocycles. The highest BCUT2D eigenvalue weighted by molar-refractivity contribution is 4.97. The van der Waals surface area contributed by atoms with Gasteiger partial charge in [-0.05, 0) is 32.4 Å². The zero-order chi connectivity index (χ0) is 12.0. The molecule has 4 nitrogen and oxygen atoms in total. The fraction of sp³-hybridized carbons (Fsp3) is 0.667. The van der Waals surface area contributed by atoms with Crippen molar-refractivity contribution in [3.8, 4) is 0 Å². The van der Waals surface area contributed by atoms with E-state index >= 15 is 0 Å². The summed E-state index contributed by atoms with van der Waals surface area (Å²) in [6.45, 7) is 7.79. The second kappa shape index (κ2) is 6.43. The highest BCUT2D eigenvalue weighted by atomic mass is 16.1. The minimum atomic E-state index is -0.0256. The van der Waals surface area contributed by atoms with Gasteiger partial charge < -0.3 is 5.32 Å². The Hall–Kier alpha value is -1.16. The zero-order valence-electron chi connectivity index (χ0n) is 10.4. The molecular weight excluding hydrogens is 202 g/mol. The molecule has 0 bridgehead atoms. The summed E-state index contributed by atoms with van der Waals surface area (Å²) in [5.41, 5.74) is 0.854. The van der Waals surface area contributed by atoms with Crippen LogP contribution in [0.15, 0.2) is 16.9 Å². The molecule has 1 rings (SSSR count). The molecule has 0 aromatic carbocycles. The number of hydrogen-bond donors (Lipinski definition) is 1. The predicted octanol–water partition coefficient (Wildman–Crippen LogP) is 1.33. The van der Waals surface area contributed by atoms with Gasteiger partial charge in [0.25, 0.3) is 5.56 Å². The van der Waals surface area contributed by atoms with Crippen molar-refractivity contribution in [3.63, 3.8) is 0 Å². The minimum absolute atomic E-state index is 0.0256. The summed E-state index contributed by atoms with van der Waals surface area (Å²) in [5.74, 6) is 0. The Kier molecular flexibility index (Phi) is 5.19. The number of aromatic nitrogens is 2. The molecule has 0 aliphatic carbocycles. The van der Waals surface area contributed by atoms with Gasteiger partial charge in [-0.1, -0.05) is 13.8 Å². The first-order chi connectivity index (χ1) is 7.67. The molecule has 0 amide bonds. The van der Waals surface area contributed by atoms with Crippen molar-refractivity contribution in [1.82, 2.24) is 15.1 Å². The van der Waals surface area contributed by atoms with Crippen LogP contribution in [0.4, 0.5) is 0 Å². The van der Waals surface area contributed by atoms with Gasteiger partial charge in [0.2, 0.25) is 0 Å². The summed E-state index contributed by atoms with van der Waals surface area (Å²) in [7, 11) is 0. The van der Waals surface area contributed by atoms with E-state index in [0.717, 1.165) is 25.1 Å². The molecule has 0 fully saturated rings. The number of rotatable bonds is 6. The molecule has 16 heavy (non-hydrogen) atoms. The number of hydrogen-bond acceptors (Lipinski definition) is 3. The normalized spacial score (nSPS) is 12.7. The Morgan fingerprint density at radius 3 is 2.81 bits per heavy atom. The molecule has 1 N–H and O–H groups in total. The Labute approximate surface area is 96.7 Å². The first-order valence-corrected chi connectivity index (χ1v) is 5.95. The lowest BCUT2D eigenvalue weighted by molar-refractivity contribution is 0.404. The molecule has 0 spiro atoms. The third-order valence-corrected chi connectivity index (χ3v) is 2.57. The van der Waals surface area contributed by atoms with E-state index < -0.39 is 0 Å². The maximum Gasteiger partial charge on any atom is 0.266 e. The Morgan fingerprint density at radius 1 is 1.44 bits per heavy atom. The summed E-state index contributed by atoms with van der Waals surface area (Å²) in [5, 5.41) is 7.65. The largest absolute Gasteiger partial charge is 0.312 e. The average molecular weight is 223 g/mol. The number of nitrogens with one attached hydrogen (secondary N) is 1. The summed E-state index contributed by atoms with van der Waals surface area (Å²) in [6, 6.07) is 3.65.